The Morgan fingerprint density at radius 3 is 2.50 bits per heavy atom. The highest BCUT2D eigenvalue weighted by atomic mass is 32.2. The van der Waals surface area contributed by atoms with Gasteiger partial charge in [0.25, 0.3) is 5.91 Å². The molecular weight excluding hydrogens is 278 g/mol. The summed E-state index contributed by atoms with van der Waals surface area (Å²) in [6.45, 7) is 6.35. The van der Waals surface area contributed by atoms with Gasteiger partial charge in [-0.05, 0) is 39.7 Å². The van der Waals surface area contributed by atoms with Crippen molar-refractivity contribution in [2.45, 2.75) is 50.6 Å². The minimum atomic E-state index is -3.80. The van der Waals surface area contributed by atoms with Crippen LogP contribution in [0.2, 0.25) is 0 Å². The van der Waals surface area contributed by atoms with E-state index >= 15 is 0 Å². The number of carbonyl (C=O) groups is 1. The maximum Gasteiger partial charge on any atom is 0.270 e. The second-order valence-corrected chi connectivity index (χ2v) is 6.99. The minimum Gasteiger partial charge on any atom is -0.340 e. The Hall–Kier alpha value is -1.34. The van der Waals surface area contributed by atoms with Gasteiger partial charge < -0.3 is 9.47 Å². The topological polar surface area (TPSA) is 85.4 Å². The highest BCUT2D eigenvalue weighted by Gasteiger charge is 2.33. The highest BCUT2D eigenvalue weighted by Crippen LogP contribution is 2.29. The van der Waals surface area contributed by atoms with E-state index < -0.39 is 10.0 Å². The van der Waals surface area contributed by atoms with Gasteiger partial charge in [0.05, 0.1) is 0 Å². The smallest absolute Gasteiger partial charge is 0.270 e. The van der Waals surface area contributed by atoms with Crippen LogP contribution in [0.1, 0.15) is 50.1 Å². The van der Waals surface area contributed by atoms with Crippen LogP contribution < -0.4 is 5.14 Å². The van der Waals surface area contributed by atoms with Gasteiger partial charge in [0.15, 0.2) is 0 Å². The SMILES string of the molecule is CCN(C(=O)c1cc(S(N)(=O)=O)cn1C(C)C)C1CC1. The summed E-state index contributed by atoms with van der Waals surface area (Å²) in [5.74, 6) is -0.126. The van der Waals surface area contributed by atoms with Crippen LogP contribution in [0.3, 0.4) is 0 Å². The molecule has 0 aliphatic heterocycles. The average Bonchev–Trinajstić information content (AvgIpc) is 3.05. The molecule has 0 aromatic carbocycles. The quantitative estimate of drug-likeness (QED) is 0.890. The number of primary sulfonamides is 1. The lowest BCUT2D eigenvalue weighted by molar-refractivity contribution is 0.0740. The fourth-order valence-corrected chi connectivity index (χ4v) is 2.85. The second kappa shape index (κ2) is 5.21. The molecule has 0 radical (unpaired) electrons. The summed E-state index contributed by atoms with van der Waals surface area (Å²) in [6, 6.07) is 1.66. The van der Waals surface area contributed by atoms with E-state index in [-0.39, 0.29) is 16.8 Å². The third-order valence-electron chi connectivity index (χ3n) is 3.52. The molecule has 0 bridgehead atoms. The Morgan fingerprint density at radius 1 is 1.50 bits per heavy atom. The second-order valence-electron chi connectivity index (χ2n) is 5.43. The van der Waals surface area contributed by atoms with Gasteiger partial charge in [0.2, 0.25) is 10.0 Å². The van der Waals surface area contributed by atoms with E-state index in [0.29, 0.717) is 18.3 Å². The van der Waals surface area contributed by atoms with Crippen molar-refractivity contribution in [1.29, 1.82) is 0 Å². The van der Waals surface area contributed by atoms with Gasteiger partial charge in [0.1, 0.15) is 10.6 Å². The molecule has 1 aliphatic carbocycles. The fourth-order valence-electron chi connectivity index (χ4n) is 2.31. The number of carbonyl (C=O) groups excluding carboxylic acids is 1. The van der Waals surface area contributed by atoms with Gasteiger partial charge in [-0.3, -0.25) is 4.79 Å². The lowest BCUT2D eigenvalue weighted by Gasteiger charge is -2.22. The van der Waals surface area contributed by atoms with Gasteiger partial charge in [-0.2, -0.15) is 0 Å². The monoisotopic (exact) mass is 299 g/mol. The van der Waals surface area contributed by atoms with Crippen molar-refractivity contribution in [1.82, 2.24) is 9.47 Å². The van der Waals surface area contributed by atoms with Gasteiger partial charge in [-0.1, -0.05) is 0 Å². The predicted molar refractivity (Wildman–Crippen MR) is 75.9 cm³/mol. The van der Waals surface area contributed by atoms with E-state index in [1.165, 1.54) is 12.3 Å². The first kappa shape index (κ1) is 15.1. The molecule has 2 rings (SSSR count). The van der Waals surface area contributed by atoms with Crippen molar-refractivity contribution in [2.24, 2.45) is 5.14 Å². The zero-order valence-electron chi connectivity index (χ0n) is 12.0. The van der Waals surface area contributed by atoms with E-state index in [1.54, 1.807) is 9.47 Å². The van der Waals surface area contributed by atoms with E-state index in [2.05, 4.69) is 0 Å². The molecular formula is C13H21N3O3S. The van der Waals surface area contributed by atoms with Gasteiger partial charge in [-0.15, -0.1) is 0 Å². The van der Waals surface area contributed by atoms with Crippen molar-refractivity contribution in [3.8, 4) is 0 Å². The molecule has 1 aromatic rings. The standard InChI is InChI=1S/C13H21N3O3S/c1-4-15(10-5-6-10)13(17)12-7-11(20(14,18)19)8-16(12)9(2)3/h7-10H,4-6H2,1-3H3,(H2,14,18,19). The number of rotatable bonds is 5. The van der Waals surface area contributed by atoms with Crippen molar-refractivity contribution in [2.75, 3.05) is 6.54 Å². The van der Waals surface area contributed by atoms with Gasteiger partial charge in [0, 0.05) is 24.8 Å². The summed E-state index contributed by atoms with van der Waals surface area (Å²) in [6.07, 6.45) is 3.47. The first-order chi connectivity index (χ1) is 9.25. The zero-order valence-corrected chi connectivity index (χ0v) is 12.9. The van der Waals surface area contributed by atoms with Crippen LogP contribution in [0.4, 0.5) is 0 Å². The number of sulfonamides is 1. The summed E-state index contributed by atoms with van der Waals surface area (Å²) in [4.78, 5) is 14.4. The summed E-state index contributed by atoms with van der Waals surface area (Å²) in [7, 11) is -3.80. The molecule has 1 aromatic heterocycles. The van der Waals surface area contributed by atoms with Crippen molar-refractivity contribution in [3.05, 3.63) is 18.0 Å². The minimum absolute atomic E-state index is 0.0117. The number of nitrogens with zero attached hydrogens (tertiary/aromatic N) is 2. The molecule has 1 fully saturated rings. The number of amides is 1. The van der Waals surface area contributed by atoms with Gasteiger partial charge in [-0.25, -0.2) is 13.6 Å². The molecule has 112 valence electrons. The van der Waals surface area contributed by atoms with Crippen LogP contribution in [0.15, 0.2) is 17.2 Å². The Kier molecular flexibility index (Phi) is 3.93. The lowest BCUT2D eigenvalue weighted by Crippen LogP contribution is -2.34. The molecule has 2 N–H and O–H groups in total. The largest absolute Gasteiger partial charge is 0.340 e. The summed E-state index contributed by atoms with van der Waals surface area (Å²) < 4.78 is 24.6. The first-order valence-electron chi connectivity index (χ1n) is 6.81. The Balaban J connectivity index is 2.43. The fraction of sp³-hybridized carbons (Fsp3) is 0.615. The molecule has 0 unspecified atom stereocenters. The van der Waals surface area contributed by atoms with E-state index in [4.69, 9.17) is 5.14 Å². The molecule has 7 heteroatoms. The lowest BCUT2D eigenvalue weighted by atomic mass is 10.3. The zero-order chi connectivity index (χ0) is 15.1. The molecule has 1 heterocycles. The van der Waals surface area contributed by atoms with E-state index in [0.717, 1.165) is 12.8 Å². The Morgan fingerprint density at radius 2 is 2.10 bits per heavy atom. The van der Waals surface area contributed by atoms with E-state index in [9.17, 15) is 13.2 Å². The van der Waals surface area contributed by atoms with E-state index in [1.807, 2.05) is 20.8 Å². The maximum absolute atomic E-state index is 12.6. The van der Waals surface area contributed by atoms with Crippen LogP contribution in [0.5, 0.6) is 0 Å². The summed E-state index contributed by atoms with van der Waals surface area (Å²) >= 11 is 0. The van der Waals surface area contributed by atoms with Crippen LogP contribution >= 0.6 is 0 Å². The summed E-state index contributed by atoms with van der Waals surface area (Å²) in [5.41, 5.74) is 0.387. The molecule has 0 spiro atoms. The average molecular weight is 299 g/mol. The van der Waals surface area contributed by atoms with Crippen LogP contribution in [-0.2, 0) is 10.0 Å². The molecule has 0 atom stereocenters. The third kappa shape index (κ3) is 2.88. The van der Waals surface area contributed by atoms with Gasteiger partial charge >= 0.3 is 0 Å². The number of aromatic nitrogens is 1. The number of nitrogens with two attached hydrogens (primary N) is 1. The molecule has 0 saturated heterocycles. The Labute approximate surface area is 119 Å². The molecule has 6 nitrogen and oxygen atoms in total. The summed E-state index contributed by atoms with van der Waals surface area (Å²) in [5, 5.41) is 5.15. The van der Waals surface area contributed by atoms with Crippen LogP contribution in [0.25, 0.3) is 0 Å². The van der Waals surface area contributed by atoms with Crippen LogP contribution in [0, 0.1) is 0 Å². The van der Waals surface area contributed by atoms with Crippen molar-refractivity contribution in [3.63, 3.8) is 0 Å². The molecule has 20 heavy (non-hydrogen) atoms. The normalized spacial score (nSPS) is 15.7. The first-order valence-corrected chi connectivity index (χ1v) is 8.36. The predicted octanol–water partition coefficient (Wildman–Crippen LogP) is 1.34. The third-order valence-corrected chi connectivity index (χ3v) is 4.40. The van der Waals surface area contributed by atoms with Crippen molar-refractivity contribution < 1.29 is 13.2 Å². The van der Waals surface area contributed by atoms with Crippen LogP contribution in [-0.4, -0.2) is 36.4 Å². The molecule has 1 amide bonds. The molecule has 1 aliphatic rings. The number of hydrogen-bond acceptors (Lipinski definition) is 3. The number of hydrogen-bond donors (Lipinski definition) is 1. The molecule has 1 saturated carbocycles. The Bertz CT molecular complexity index is 615. The highest BCUT2D eigenvalue weighted by molar-refractivity contribution is 7.89. The van der Waals surface area contributed by atoms with Crippen molar-refractivity contribution >= 4 is 15.9 Å². The maximum atomic E-state index is 12.6.